The van der Waals surface area contributed by atoms with Gasteiger partial charge in [-0.05, 0) is 18.6 Å². The molecule has 1 fully saturated rings. The molecular formula is C12H17N5O3. The number of nitrogens with two attached hydrogens (primary N) is 1. The minimum absolute atomic E-state index is 0.0529. The van der Waals surface area contributed by atoms with E-state index in [2.05, 4.69) is 5.43 Å². The number of nitro groups is 1. The lowest BCUT2D eigenvalue weighted by Crippen LogP contribution is -2.34. The smallest absolute Gasteiger partial charge is 0.316 e. The van der Waals surface area contributed by atoms with Crippen LogP contribution in [-0.2, 0) is 4.79 Å². The van der Waals surface area contributed by atoms with Gasteiger partial charge in [-0.2, -0.15) is 0 Å². The zero-order valence-electron chi connectivity index (χ0n) is 11.2. The number of rotatable bonds is 3. The first kappa shape index (κ1) is 14.1. The number of amides is 1. The molecule has 0 radical (unpaired) electrons. The van der Waals surface area contributed by atoms with Crippen molar-refractivity contribution < 1.29 is 9.72 Å². The average molecular weight is 279 g/mol. The van der Waals surface area contributed by atoms with Crippen LogP contribution >= 0.6 is 0 Å². The Bertz CT molecular complexity index is 534. The van der Waals surface area contributed by atoms with Gasteiger partial charge in [0.05, 0.1) is 11.5 Å². The van der Waals surface area contributed by atoms with Crippen LogP contribution in [0.3, 0.4) is 0 Å². The van der Waals surface area contributed by atoms with E-state index in [0.717, 1.165) is 6.42 Å². The number of benzene rings is 1. The van der Waals surface area contributed by atoms with Crippen LogP contribution in [0.2, 0.25) is 0 Å². The molecular weight excluding hydrogens is 262 g/mol. The SMILES string of the molecule is CN1CCCN(c2cccc(NN)c2[N+](=O)[O-])CC1=O. The molecule has 1 heterocycles. The molecule has 1 aliphatic rings. The van der Waals surface area contributed by atoms with Crippen LogP contribution in [-0.4, -0.2) is 42.4 Å². The molecule has 8 heteroatoms. The number of hydrogen-bond acceptors (Lipinski definition) is 6. The fraction of sp³-hybridized carbons (Fsp3) is 0.417. The Morgan fingerprint density at radius 1 is 1.40 bits per heavy atom. The molecule has 1 aliphatic heterocycles. The summed E-state index contributed by atoms with van der Waals surface area (Å²) < 4.78 is 0. The number of nitrogens with zero attached hydrogens (tertiary/aromatic N) is 3. The van der Waals surface area contributed by atoms with Gasteiger partial charge in [-0.25, -0.2) is 0 Å². The summed E-state index contributed by atoms with van der Waals surface area (Å²) in [5, 5.41) is 11.3. The third-order valence-corrected chi connectivity index (χ3v) is 3.37. The van der Waals surface area contributed by atoms with Gasteiger partial charge in [-0.15, -0.1) is 0 Å². The molecule has 1 saturated heterocycles. The van der Waals surface area contributed by atoms with E-state index in [1.165, 1.54) is 6.07 Å². The van der Waals surface area contributed by atoms with Crippen LogP contribution in [0, 0.1) is 10.1 Å². The van der Waals surface area contributed by atoms with Gasteiger partial charge >= 0.3 is 5.69 Å². The Labute approximate surface area is 116 Å². The number of nitrogen functional groups attached to an aromatic ring is 1. The quantitative estimate of drug-likeness (QED) is 0.475. The first-order valence-electron chi connectivity index (χ1n) is 6.27. The minimum atomic E-state index is -0.483. The van der Waals surface area contributed by atoms with E-state index >= 15 is 0 Å². The first-order chi connectivity index (χ1) is 9.54. The predicted octanol–water partition coefficient (Wildman–Crippen LogP) is 0.549. The lowest BCUT2D eigenvalue weighted by Gasteiger charge is -2.22. The number of carbonyl (C=O) groups excluding carboxylic acids is 1. The fourth-order valence-corrected chi connectivity index (χ4v) is 2.29. The second-order valence-corrected chi connectivity index (χ2v) is 4.67. The van der Waals surface area contributed by atoms with E-state index in [4.69, 9.17) is 5.84 Å². The van der Waals surface area contributed by atoms with Gasteiger partial charge in [0.15, 0.2) is 0 Å². The molecule has 0 unspecified atom stereocenters. The van der Waals surface area contributed by atoms with E-state index < -0.39 is 4.92 Å². The summed E-state index contributed by atoms with van der Waals surface area (Å²) in [6.45, 7) is 1.37. The monoisotopic (exact) mass is 279 g/mol. The molecule has 0 spiro atoms. The number of carbonyl (C=O) groups is 1. The maximum Gasteiger partial charge on any atom is 0.316 e. The molecule has 0 saturated carbocycles. The third kappa shape index (κ3) is 2.64. The molecule has 108 valence electrons. The minimum Gasteiger partial charge on any atom is -0.357 e. The van der Waals surface area contributed by atoms with Crippen LogP contribution < -0.4 is 16.2 Å². The molecule has 1 aromatic carbocycles. The highest BCUT2D eigenvalue weighted by Crippen LogP contribution is 2.35. The number of nitrogens with one attached hydrogen (secondary N) is 1. The standard InChI is InChI=1S/C12H17N5O3/c1-15-6-3-7-16(8-11(15)18)10-5-2-4-9(14-13)12(10)17(19)20/h2,4-5,14H,3,6-8,13H2,1H3. The maximum atomic E-state index is 11.9. The summed E-state index contributed by atoms with van der Waals surface area (Å²) in [6, 6.07) is 4.85. The van der Waals surface area contributed by atoms with E-state index in [0.29, 0.717) is 18.8 Å². The summed E-state index contributed by atoms with van der Waals surface area (Å²) in [6.07, 6.45) is 0.764. The second-order valence-electron chi connectivity index (χ2n) is 4.67. The number of para-hydroxylation sites is 1. The number of hydrogen-bond donors (Lipinski definition) is 2. The van der Waals surface area contributed by atoms with Crippen molar-refractivity contribution >= 4 is 23.0 Å². The number of anilines is 2. The largest absolute Gasteiger partial charge is 0.357 e. The van der Waals surface area contributed by atoms with Crippen molar-refractivity contribution in [3.05, 3.63) is 28.3 Å². The van der Waals surface area contributed by atoms with Crippen LogP contribution in [0.5, 0.6) is 0 Å². The summed E-state index contributed by atoms with van der Waals surface area (Å²) in [4.78, 5) is 26.1. The van der Waals surface area contributed by atoms with Crippen molar-refractivity contribution in [3.8, 4) is 0 Å². The summed E-state index contributed by atoms with van der Waals surface area (Å²) >= 11 is 0. The van der Waals surface area contributed by atoms with Crippen molar-refractivity contribution in [3.63, 3.8) is 0 Å². The third-order valence-electron chi connectivity index (χ3n) is 3.37. The Morgan fingerprint density at radius 2 is 2.15 bits per heavy atom. The molecule has 0 aromatic heterocycles. The lowest BCUT2D eigenvalue weighted by molar-refractivity contribution is -0.383. The van der Waals surface area contributed by atoms with Crippen molar-refractivity contribution in [2.75, 3.05) is 37.0 Å². The molecule has 0 bridgehead atoms. The number of hydrazine groups is 1. The normalized spacial score (nSPS) is 16.0. The molecule has 8 nitrogen and oxygen atoms in total. The highest BCUT2D eigenvalue weighted by atomic mass is 16.6. The maximum absolute atomic E-state index is 11.9. The van der Waals surface area contributed by atoms with Crippen molar-refractivity contribution in [1.29, 1.82) is 0 Å². The number of likely N-dealkylation sites (N-methyl/N-ethyl adjacent to an activating group) is 1. The Hall–Kier alpha value is -2.35. The van der Waals surface area contributed by atoms with E-state index in [-0.39, 0.29) is 23.8 Å². The highest BCUT2D eigenvalue weighted by Gasteiger charge is 2.27. The topological polar surface area (TPSA) is 105 Å². The number of nitro benzene ring substituents is 1. The molecule has 20 heavy (non-hydrogen) atoms. The van der Waals surface area contributed by atoms with E-state index in [1.54, 1.807) is 29.0 Å². The van der Waals surface area contributed by atoms with Crippen molar-refractivity contribution in [2.45, 2.75) is 6.42 Å². The second kappa shape index (κ2) is 5.74. The van der Waals surface area contributed by atoms with E-state index in [1.807, 2.05) is 0 Å². The Balaban J connectivity index is 2.41. The molecule has 0 atom stereocenters. The van der Waals surface area contributed by atoms with Gasteiger partial charge in [-0.1, -0.05) is 6.07 Å². The first-order valence-corrected chi connectivity index (χ1v) is 6.27. The van der Waals surface area contributed by atoms with Crippen LogP contribution in [0.25, 0.3) is 0 Å². The molecule has 0 aliphatic carbocycles. The highest BCUT2D eigenvalue weighted by molar-refractivity contribution is 5.85. The Morgan fingerprint density at radius 3 is 2.80 bits per heavy atom. The summed E-state index contributed by atoms with van der Waals surface area (Å²) in [5.41, 5.74) is 2.87. The van der Waals surface area contributed by atoms with Gasteiger partial charge < -0.3 is 15.2 Å². The summed E-state index contributed by atoms with van der Waals surface area (Å²) in [5.74, 6) is 5.27. The van der Waals surface area contributed by atoms with E-state index in [9.17, 15) is 14.9 Å². The lowest BCUT2D eigenvalue weighted by atomic mass is 10.2. The average Bonchev–Trinajstić information content (AvgIpc) is 2.60. The molecule has 3 N–H and O–H groups in total. The van der Waals surface area contributed by atoms with Gasteiger partial charge in [0.1, 0.15) is 11.4 Å². The van der Waals surface area contributed by atoms with Crippen molar-refractivity contribution in [2.24, 2.45) is 5.84 Å². The zero-order valence-corrected chi connectivity index (χ0v) is 11.2. The van der Waals surface area contributed by atoms with Crippen LogP contribution in [0.1, 0.15) is 6.42 Å². The Kier molecular flexibility index (Phi) is 4.04. The molecule has 1 amide bonds. The molecule has 1 aromatic rings. The van der Waals surface area contributed by atoms with Gasteiger partial charge in [0, 0.05) is 20.1 Å². The zero-order chi connectivity index (χ0) is 14.7. The summed E-state index contributed by atoms with van der Waals surface area (Å²) in [7, 11) is 1.73. The van der Waals surface area contributed by atoms with Gasteiger partial charge in [0.25, 0.3) is 0 Å². The fourth-order valence-electron chi connectivity index (χ4n) is 2.29. The van der Waals surface area contributed by atoms with Crippen LogP contribution in [0.4, 0.5) is 17.1 Å². The molecule has 2 rings (SSSR count). The van der Waals surface area contributed by atoms with Gasteiger partial charge in [-0.3, -0.25) is 20.8 Å². The predicted molar refractivity (Wildman–Crippen MR) is 75.4 cm³/mol. The van der Waals surface area contributed by atoms with Crippen molar-refractivity contribution in [1.82, 2.24) is 4.90 Å². The van der Waals surface area contributed by atoms with Gasteiger partial charge in [0.2, 0.25) is 5.91 Å². The van der Waals surface area contributed by atoms with Crippen LogP contribution in [0.15, 0.2) is 18.2 Å².